The predicted octanol–water partition coefficient (Wildman–Crippen LogP) is 1.91. The van der Waals surface area contributed by atoms with Gasteiger partial charge >= 0.3 is 0 Å². The third kappa shape index (κ3) is 1.74. The fraction of sp³-hybridized carbons (Fsp3) is 0.200. The summed E-state index contributed by atoms with van der Waals surface area (Å²) in [6.07, 6.45) is 0. The van der Waals surface area contributed by atoms with Crippen molar-refractivity contribution in [2.24, 2.45) is 0 Å². The van der Waals surface area contributed by atoms with E-state index in [1.165, 1.54) is 0 Å². The molecule has 0 saturated heterocycles. The van der Waals surface area contributed by atoms with E-state index >= 15 is 0 Å². The van der Waals surface area contributed by atoms with Crippen LogP contribution in [0.15, 0.2) is 30.4 Å². The van der Waals surface area contributed by atoms with Gasteiger partial charge in [-0.15, -0.1) is 0 Å². The Morgan fingerprint density at radius 2 is 2.21 bits per heavy atom. The van der Waals surface area contributed by atoms with Crippen molar-refractivity contribution in [3.63, 3.8) is 0 Å². The van der Waals surface area contributed by atoms with Crippen molar-refractivity contribution in [3.8, 4) is 5.75 Å². The molecule has 4 nitrogen and oxygen atoms in total. The second kappa shape index (κ2) is 3.49. The Kier molecular flexibility index (Phi) is 2.18. The van der Waals surface area contributed by atoms with Crippen molar-refractivity contribution in [1.82, 2.24) is 15.4 Å². The first-order valence-corrected chi connectivity index (χ1v) is 4.33. The Hall–Kier alpha value is -1.84. The highest BCUT2D eigenvalue weighted by atomic mass is 16.5. The van der Waals surface area contributed by atoms with Crippen LogP contribution < -0.4 is 4.74 Å². The zero-order valence-electron chi connectivity index (χ0n) is 7.95. The number of aromatic nitrogens is 3. The van der Waals surface area contributed by atoms with Gasteiger partial charge in [-0.05, 0) is 24.6 Å². The molecular formula is C10H11N3O. The maximum atomic E-state index is 5.46. The molecule has 0 aliphatic rings. The van der Waals surface area contributed by atoms with E-state index in [9.17, 15) is 0 Å². The Bertz CT molecular complexity index is 461. The summed E-state index contributed by atoms with van der Waals surface area (Å²) < 4.78 is 5.46. The van der Waals surface area contributed by atoms with Gasteiger partial charge < -0.3 is 4.74 Å². The molecule has 4 heteroatoms. The molecule has 2 aromatic rings. The molecule has 0 unspecified atom stereocenters. The first-order chi connectivity index (χ1) is 6.75. The average molecular weight is 189 g/mol. The van der Waals surface area contributed by atoms with Crippen LogP contribution in [-0.2, 0) is 0 Å². The summed E-state index contributed by atoms with van der Waals surface area (Å²) in [6, 6.07) is 5.59. The maximum Gasteiger partial charge on any atom is 0.122 e. The topological polar surface area (TPSA) is 50.8 Å². The monoisotopic (exact) mass is 189 g/mol. The SMILES string of the molecule is C=C(C)COc1ccc2n[nH]nc2c1. The van der Waals surface area contributed by atoms with Gasteiger partial charge in [0.25, 0.3) is 0 Å². The lowest BCUT2D eigenvalue weighted by molar-refractivity contribution is 0.353. The molecule has 0 bridgehead atoms. The van der Waals surface area contributed by atoms with Crippen molar-refractivity contribution in [3.05, 3.63) is 30.4 Å². The third-order valence-corrected chi connectivity index (χ3v) is 1.77. The molecule has 0 saturated carbocycles. The summed E-state index contributed by atoms with van der Waals surface area (Å²) in [5, 5.41) is 10.5. The lowest BCUT2D eigenvalue weighted by Gasteiger charge is -2.04. The molecule has 0 aliphatic carbocycles. The van der Waals surface area contributed by atoms with Crippen LogP contribution >= 0.6 is 0 Å². The van der Waals surface area contributed by atoms with Crippen molar-refractivity contribution in [2.45, 2.75) is 6.92 Å². The minimum atomic E-state index is 0.531. The molecular weight excluding hydrogens is 178 g/mol. The minimum Gasteiger partial charge on any atom is -0.489 e. The summed E-state index contributed by atoms with van der Waals surface area (Å²) in [5.41, 5.74) is 2.64. The molecule has 1 N–H and O–H groups in total. The summed E-state index contributed by atoms with van der Waals surface area (Å²) in [7, 11) is 0. The number of ether oxygens (including phenoxy) is 1. The highest BCUT2D eigenvalue weighted by molar-refractivity contribution is 5.75. The van der Waals surface area contributed by atoms with E-state index in [0.29, 0.717) is 6.61 Å². The van der Waals surface area contributed by atoms with Gasteiger partial charge in [0.2, 0.25) is 0 Å². The number of rotatable bonds is 3. The van der Waals surface area contributed by atoms with Gasteiger partial charge in [-0.3, -0.25) is 0 Å². The fourth-order valence-electron chi connectivity index (χ4n) is 1.12. The van der Waals surface area contributed by atoms with E-state index < -0.39 is 0 Å². The Morgan fingerprint density at radius 3 is 3.00 bits per heavy atom. The largest absolute Gasteiger partial charge is 0.489 e. The lowest BCUT2D eigenvalue weighted by atomic mass is 10.3. The molecule has 0 atom stereocenters. The lowest BCUT2D eigenvalue weighted by Crippen LogP contribution is -1.97. The highest BCUT2D eigenvalue weighted by Gasteiger charge is 2.00. The summed E-state index contributed by atoms with van der Waals surface area (Å²) in [6.45, 7) is 6.22. The van der Waals surface area contributed by atoms with Gasteiger partial charge in [0.05, 0.1) is 0 Å². The number of fused-ring (bicyclic) bond motifs is 1. The molecule has 0 radical (unpaired) electrons. The third-order valence-electron chi connectivity index (χ3n) is 1.77. The average Bonchev–Trinajstić information content (AvgIpc) is 2.61. The molecule has 0 fully saturated rings. The van der Waals surface area contributed by atoms with Crippen LogP contribution in [0.5, 0.6) is 5.75 Å². The van der Waals surface area contributed by atoms with E-state index in [4.69, 9.17) is 4.74 Å². The van der Waals surface area contributed by atoms with E-state index in [1.807, 2.05) is 25.1 Å². The van der Waals surface area contributed by atoms with Crippen LogP contribution in [0.3, 0.4) is 0 Å². The van der Waals surface area contributed by atoms with E-state index in [-0.39, 0.29) is 0 Å². The Labute approximate surface area is 81.6 Å². The molecule has 1 heterocycles. The van der Waals surface area contributed by atoms with E-state index in [2.05, 4.69) is 22.0 Å². The van der Waals surface area contributed by atoms with Crippen LogP contribution in [0.4, 0.5) is 0 Å². The van der Waals surface area contributed by atoms with Crippen LogP contribution in [0.2, 0.25) is 0 Å². The van der Waals surface area contributed by atoms with Gasteiger partial charge in [0.15, 0.2) is 0 Å². The van der Waals surface area contributed by atoms with Crippen LogP contribution in [0, 0.1) is 0 Å². The molecule has 0 amide bonds. The summed E-state index contributed by atoms with van der Waals surface area (Å²) >= 11 is 0. The van der Waals surface area contributed by atoms with Gasteiger partial charge in [0, 0.05) is 6.07 Å². The fourth-order valence-corrected chi connectivity index (χ4v) is 1.12. The number of nitrogens with one attached hydrogen (secondary N) is 1. The van der Waals surface area contributed by atoms with Crippen molar-refractivity contribution in [1.29, 1.82) is 0 Å². The van der Waals surface area contributed by atoms with Crippen molar-refractivity contribution in [2.75, 3.05) is 6.61 Å². The smallest absolute Gasteiger partial charge is 0.122 e. The summed E-state index contributed by atoms with van der Waals surface area (Å²) in [4.78, 5) is 0. The maximum absolute atomic E-state index is 5.46. The normalized spacial score (nSPS) is 10.4. The molecule has 1 aromatic heterocycles. The Balaban J connectivity index is 2.21. The van der Waals surface area contributed by atoms with E-state index in [0.717, 1.165) is 22.4 Å². The van der Waals surface area contributed by atoms with Gasteiger partial charge in [-0.1, -0.05) is 6.58 Å². The van der Waals surface area contributed by atoms with Crippen LogP contribution in [-0.4, -0.2) is 22.0 Å². The second-order valence-electron chi connectivity index (χ2n) is 3.22. The molecule has 72 valence electrons. The number of hydrogen-bond donors (Lipinski definition) is 1. The second-order valence-corrected chi connectivity index (χ2v) is 3.22. The number of H-pyrrole nitrogens is 1. The van der Waals surface area contributed by atoms with Gasteiger partial charge in [-0.25, -0.2) is 0 Å². The van der Waals surface area contributed by atoms with Crippen LogP contribution in [0.25, 0.3) is 11.0 Å². The molecule has 14 heavy (non-hydrogen) atoms. The van der Waals surface area contributed by atoms with E-state index in [1.54, 1.807) is 0 Å². The number of aromatic amines is 1. The minimum absolute atomic E-state index is 0.531. The zero-order chi connectivity index (χ0) is 9.97. The highest BCUT2D eigenvalue weighted by Crippen LogP contribution is 2.17. The first-order valence-electron chi connectivity index (χ1n) is 4.33. The van der Waals surface area contributed by atoms with Crippen LogP contribution in [0.1, 0.15) is 6.92 Å². The molecule has 1 aromatic carbocycles. The molecule has 2 rings (SSSR count). The number of hydrogen-bond acceptors (Lipinski definition) is 3. The first kappa shape index (κ1) is 8.74. The molecule has 0 aliphatic heterocycles. The zero-order valence-corrected chi connectivity index (χ0v) is 7.95. The van der Waals surface area contributed by atoms with Gasteiger partial charge in [0.1, 0.15) is 23.4 Å². The van der Waals surface area contributed by atoms with Crippen molar-refractivity contribution >= 4 is 11.0 Å². The van der Waals surface area contributed by atoms with Crippen molar-refractivity contribution < 1.29 is 4.74 Å². The predicted molar refractivity (Wildman–Crippen MR) is 54.2 cm³/mol. The quantitative estimate of drug-likeness (QED) is 0.750. The summed E-state index contributed by atoms with van der Waals surface area (Å²) in [5.74, 6) is 0.786. The standard InChI is InChI=1S/C10H11N3O/c1-7(2)6-14-8-3-4-9-10(5-8)12-13-11-9/h3-5H,1,6H2,2H3,(H,11,12,13). The van der Waals surface area contributed by atoms with Gasteiger partial charge in [-0.2, -0.15) is 15.4 Å². The number of nitrogens with zero attached hydrogens (tertiary/aromatic N) is 2. The number of benzene rings is 1. The Morgan fingerprint density at radius 1 is 1.43 bits per heavy atom. The molecule has 0 spiro atoms.